The van der Waals surface area contributed by atoms with Crippen molar-refractivity contribution in [2.75, 3.05) is 22.1 Å². The second kappa shape index (κ2) is 11.5. The molecule has 2 amide bonds. The van der Waals surface area contributed by atoms with Crippen molar-refractivity contribution in [3.8, 4) is 12.1 Å². The molecule has 178 valence electrons. The van der Waals surface area contributed by atoms with Gasteiger partial charge >= 0.3 is 0 Å². The molecule has 1 aromatic heterocycles. The first-order valence-corrected chi connectivity index (χ1v) is 10.3. The van der Waals surface area contributed by atoms with Crippen molar-refractivity contribution in [2.45, 2.75) is 0 Å². The Balaban J connectivity index is 0.000000202. The van der Waals surface area contributed by atoms with Crippen molar-refractivity contribution in [3.05, 3.63) is 107 Å². The molecule has 6 N–H and O–H groups in total. The lowest BCUT2D eigenvalue weighted by Crippen LogP contribution is -2.13. The van der Waals surface area contributed by atoms with E-state index in [4.69, 9.17) is 26.4 Å². The quantitative estimate of drug-likeness (QED) is 0.310. The van der Waals surface area contributed by atoms with Crippen LogP contribution in [0.4, 0.5) is 27.1 Å². The number of nitriles is 2. The van der Waals surface area contributed by atoms with Crippen LogP contribution in [0, 0.1) is 28.5 Å². The fourth-order valence-corrected chi connectivity index (χ4v) is 2.91. The lowest BCUT2D eigenvalue weighted by Gasteiger charge is -2.07. The molecule has 0 bridgehead atoms. The van der Waals surface area contributed by atoms with E-state index in [1.807, 2.05) is 12.1 Å². The van der Waals surface area contributed by atoms with E-state index in [1.165, 1.54) is 42.7 Å². The predicted molar refractivity (Wildman–Crippen MR) is 132 cm³/mol. The van der Waals surface area contributed by atoms with Gasteiger partial charge in [-0.3, -0.25) is 9.59 Å². The molecule has 0 aliphatic carbocycles. The molecule has 9 nitrogen and oxygen atoms in total. The van der Waals surface area contributed by atoms with E-state index in [9.17, 15) is 14.0 Å². The van der Waals surface area contributed by atoms with Crippen LogP contribution >= 0.6 is 0 Å². The van der Waals surface area contributed by atoms with Crippen molar-refractivity contribution in [2.24, 2.45) is 0 Å². The molecule has 0 fully saturated rings. The first-order valence-electron chi connectivity index (χ1n) is 10.3. The Morgan fingerprint density at radius 1 is 0.778 bits per heavy atom. The van der Waals surface area contributed by atoms with Crippen LogP contribution in [0.3, 0.4) is 0 Å². The van der Waals surface area contributed by atoms with Gasteiger partial charge < -0.3 is 26.5 Å². The zero-order valence-corrected chi connectivity index (χ0v) is 18.7. The van der Waals surface area contributed by atoms with Gasteiger partial charge in [0.25, 0.3) is 11.8 Å². The summed E-state index contributed by atoms with van der Waals surface area (Å²) in [5.74, 6) is -1.34. The van der Waals surface area contributed by atoms with Crippen LogP contribution in [0.5, 0.6) is 0 Å². The summed E-state index contributed by atoms with van der Waals surface area (Å²) >= 11 is 0. The highest BCUT2D eigenvalue weighted by atomic mass is 19.1. The molecule has 0 spiro atoms. The molecular weight excluding hydrogens is 463 g/mol. The highest BCUT2D eigenvalue weighted by Crippen LogP contribution is 2.19. The number of nitrogens with two attached hydrogens (primary N) is 2. The van der Waals surface area contributed by atoms with Crippen LogP contribution in [0.1, 0.15) is 32.0 Å². The summed E-state index contributed by atoms with van der Waals surface area (Å²) < 4.78 is 18.4. The van der Waals surface area contributed by atoms with Gasteiger partial charge in [0.05, 0.1) is 23.0 Å². The number of carbonyl (C=O) groups excluding carboxylic acids is 2. The summed E-state index contributed by atoms with van der Waals surface area (Å²) in [5, 5.41) is 22.8. The molecule has 0 aliphatic heterocycles. The van der Waals surface area contributed by atoms with Gasteiger partial charge in [-0.15, -0.1) is 0 Å². The maximum atomic E-state index is 13.4. The van der Waals surface area contributed by atoms with Crippen LogP contribution in [0.2, 0.25) is 0 Å². The van der Waals surface area contributed by atoms with Gasteiger partial charge in [-0.2, -0.15) is 10.5 Å². The second-order valence-electron chi connectivity index (χ2n) is 7.19. The highest BCUT2D eigenvalue weighted by Gasteiger charge is 2.12. The zero-order chi connectivity index (χ0) is 26.1. The molecule has 0 saturated carbocycles. The molecule has 0 radical (unpaired) electrons. The molecule has 36 heavy (non-hydrogen) atoms. The van der Waals surface area contributed by atoms with E-state index in [0.29, 0.717) is 28.3 Å². The molecule has 0 aliphatic rings. The number of anilines is 4. The Morgan fingerprint density at radius 3 is 1.83 bits per heavy atom. The van der Waals surface area contributed by atoms with Gasteiger partial charge in [0.15, 0.2) is 5.76 Å². The smallest absolute Gasteiger partial charge is 0.291 e. The Bertz CT molecular complexity index is 1490. The third-order valence-electron chi connectivity index (χ3n) is 4.73. The van der Waals surface area contributed by atoms with Gasteiger partial charge in [0.2, 0.25) is 0 Å². The van der Waals surface area contributed by atoms with Crippen LogP contribution in [-0.2, 0) is 0 Å². The molecule has 0 saturated heterocycles. The standard InChI is InChI=1S/C14H10FN3O.C12H9N3O2/c15-12-4-2-1-3-11(12)14(19)18-10-5-6-13(17)9(7-10)8-16;13-7-8-6-9(3-4-10(8)14)15-12(16)11-2-1-5-17-11/h1-7H,17H2,(H,18,19);1-6H,14H2,(H,15,16). The van der Waals surface area contributed by atoms with Gasteiger partial charge in [0, 0.05) is 22.7 Å². The van der Waals surface area contributed by atoms with E-state index < -0.39 is 11.7 Å². The van der Waals surface area contributed by atoms with Gasteiger partial charge in [-0.25, -0.2) is 4.39 Å². The molecule has 0 unspecified atom stereocenters. The summed E-state index contributed by atoms with van der Waals surface area (Å²) in [6.07, 6.45) is 1.42. The third kappa shape index (κ3) is 6.25. The fourth-order valence-electron chi connectivity index (χ4n) is 2.91. The van der Waals surface area contributed by atoms with Crippen LogP contribution in [0.15, 0.2) is 83.5 Å². The number of amides is 2. The van der Waals surface area contributed by atoms with Crippen LogP contribution in [0.25, 0.3) is 0 Å². The SMILES string of the molecule is N#Cc1cc(NC(=O)c2ccccc2F)ccc1N.N#Cc1cc(NC(=O)c2ccco2)ccc1N. The second-order valence-corrected chi connectivity index (χ2v) is 7.19. The number of nitrogens with one attached hydrogen (secondary N) is 2. The van der Waals surface area contributed by atoms with Crippen LogP contribution < -0.4 is 22.1 Å². The highest BCUT2D eigenvalue weighted by molar-refractivity contribution is 6.04. The van der Waals surface area contributed by atoms with Crippen molar-refractivity contribution >= 4 is 34.6 Å². The number of furan rings is 1. The van der Waals surface area contributed by atoms with E-state index in [-0.39, 0.29) is 22.8 Å². The zero-order valence-electron chi connectivity index (χ0n) is 18.7. The lowest BCUT2D eigenvalue weighted by atomic mass is 10.1. The number of nitrogen functional groups attached to an aromatic ring is 2. The van der Waals surface area contributed by atoms with Crippen LogP contribution in [-0.4, -0.2) is 11.8 Å². The van der Waals surface area contributed by atoms with Gasteiger partial charge in [-0.1, -0.05) is 12.1 Å². The number of benzene rings is 3. The largest absolute Gasteiger partial charge is 0.459 e. The van der Waals surface area contributed by atoms with E-state index >= 15 is 0 Å². The van der Waals surface area contributed by atoms with E-state index in [2.05, 4.69) is 10.6 Å². The molecular formula is C26H19FN6O3. The molecule has 3 aromatic carbocycles. The average molecular weight is 482 g/mol. The average Bonchev–Trinajstić information content (AvgIpc) is 3.42. The maximum Gasteiger partial charge on any atom is 0.291 e. The summed E-state index contributed by atoms with van der Waals surface area (Å²) in [6, 6.07) is 21.9. The van der Waals surface area contributed by atoms with Crippen molar-refractivity contribution in [1.82, 2.24) is 0 Å². The Morgan fingerprint density at radius 2 is 1.33 bits per heavy atom. The monoisotopic (exact) mass is 482 g/mol. The predicted octanol–water partition coefficient (Wildman–Crippen LogP) is 4.52. The number of hydrogen-bond donors (Lipinski definition) is 4. The minimum absolute atomic E-state index is 0.0576. The minimum Gasteiger partial charge on any atom is -0.459 e. The Labute approximate surface area is 205 Å². The van der Waals surface area contributed by atoms with Crippen molar-refractivity contribution in [1.29, 1.82) is 10.5 Å². The molecule has 10 heteroatoms. The first kappa shape index (κ1) is 25.0. The summed E-state index contributed by atoms with van der Waals surface area (Å²) in [6.45, 7) is 0. The summed E-state index contributed by atoms with van der Waals surface area (Å²) in [4.78, 5) is 23.5. The van der Waals surface area contributed by atoms with E-state index in [1.54, 1.807) is 36.4 Å². The third-order valence-corrected chi connectivity index (χ3v) is 4.73. The number of carbonyl (C=O) groups is 2. The lowest BCUT2D eigenvalue weighted by molar-refractivity contribution is 0.0994. The number of hydrogen-bond acceptors (Lipinski definition) is 7. The Kier molecular flexibility index (Phi) is 7.99. The van der Waals surface area contributed by atoms with Gasteiger partial charge in [0.1, 0.15) is 18.0 Å². The van der Waals surface area contributed by atoms with Crippen molar-refractivity contribution in [3.63, 3.8) is 0 Å². The number of rotatable bonds is 4. The normalized spacial score (nSPS) is 9.64. The molecule has 4 aromatic rings. The minimum atomic E-state index is -0.601. The Hall–Kier alpha value is -5.61. The molecule has 1 heterocycles. The number of nitrogens with zero attached hydrogens (tertiary/aromatic N) is 2. The topological polar surface area (TPSA) is 171 Å². The van der Waals surface area contributed by atoms with E-state index in [0.717, 1.165) is 0 Å². The maximum absolute atomic E-state index is 13.4. The van der Waals surface area contributed by atoms with Gasteiger partial charge in [-0.05, 0) is 60.7 Å². The summed E-state index contributed by atoms with van der Waals surface area (Å²) in [7, 11) is 0. The van der Waals surface area contributed by atoms with Crippen molar-refractivity contribution < 1.29 is 18.4 Å². The molecule has 0 atom stereocenters. The fraction of sp³-hybridized carbons (Fsp3) is 0. The first-order chi connectivity index (χ1) is 17.3. The summed E-state index contributed by atoms with van der Waals surface area (Å²) in [5.41, 5.74) is 13.3. The number of halogens is 1. The molecule has 4 rings (SSSR count).